The first kappa shape index (κ1) is 28.1. The zero-order valence-electron chi connectivity index (χ0n) is 19.6. The van der Waals surface area contributed by atoms with Crippen LogP contribution in [0.15, 0.2) is 0 Å². The topological polar surface area (TPSA) is 179 Å². The molecule has 7 N–H and O–H groups in total. The van der Waals surface area contributed by atoms with Crippen LogP contribution in [0.3, 0.4) is 0 Å². The third-order valence-electron chi connectivity index (χ3n) is 7.22. The van der Waals surface area contributed by atoms with Crippen molar-refractivity contribution in [1.29, 1.82) is 0 Å². The van der Waals surface area contributed by atoms with Crippen molar-refractivity contribution in [3.05, 3.63) is 0 Å². The van der Waals surface area contributed by atoms with Crippen LogP contribution in [0.5, 0.6) is 0 Å². The Kier molecular flexibility index (Phi) is 11.4. The third-order valence-corrected chi connectivity index (χ3v) is 7.22. The fraction of sp³-hybridized carbons (Fsp3) is 1.00. The molecule has 3 aliphatic rings. The number of aliphatic hydroxyl groups excluding tert-OH is 7. The zero-order valence-corrected chi connectivity index (χ0v) is 19.6. The van der Waals surface area contributed by atoms with Crippen LogP contribution in [0.4, 0.5) is 0 Å². The predicted octanol–water partition coefficient (Wildman–Crippen LogP) is -1.23. The second-order valence-electron chi connectivity index (χ2n) is 9.73. The van der Waals surface area contributed by atoms with Crippen molar-refractivity contribution in [3.8, 4) is 0 Å². The summed E-state index contributed by atoms with van der Waals surface area (Å²) in [4.78, 5) is 0. The summed E-state index contributed by atoms with van der Waals surface area (Å²) in [5.74, 6) is 0.833. The smallest absolute Gasteiger partial charge is 0.187 e. The average Bonchev–Trinajstić information content (AvgIpc) is 2.85. The minimum absolute atomic E-state index is 0.329. The second kappa shape index (κ2) is 13.8. The summed E-state index contributed by atoms with van der Waals surface area (Å²) in [6, 6.07) is 0. The van der Waals surface area contributed by atoms with Crippen LogP contribution < -0.4 is 0 Å². The molecular formula is C23H42O11. The molecule has 0 radical (unpaired) electrons. The Morgan fingerprint density at radius 2 is 1.29 bits per heavy atom. The number of ether oxygens (including phenoxy) is 4. The zero-order chi connectivity index (χ0) is 24.7. The first-order valence-electron chi connectivity index (χ1n) is 12.6. The van der Waals surface area contributed by atoms with Gasteiger partial charge in [0.25, 0.3) is 0 Å². The van der Waals surface area contributed by atoms with Crippen LogP contribution in [0.1, 0.15) is 57.8 Å². The van der Waals surface area contributed by atoms with Crippen LogP contribution in [0.25, 0.3) is 0 Å². The lowest BCUT2D eigenvalue weighted by Gasteiger charge is -2.45. The van der Waals surface area contributed by atoms with Gasteiger partial charge in [-0.05, 0) is 12.3 Å². The van der Waals surface area contributed by atoms with Crippen LogP contribution in [0, 0.1) is 5.92 Å². The number of hydrogen-bond donors (Lipinski definition) is 7. The minimum Gasteiger partial charge on any atom is -0.394 e. The summed E-state index contributed by atoms with van der Waals surface area (Å²) >= 11 is 0. The van der Waals surface area contributed by atoms with E-state index in [0.717, 1.165) is 25.2 Å². The van der Waals surface area contributed by atoms with Crippen molar-refractivity contribution in [1.82, 2.24) is 0 Å². The number of hydrogen-bond acceptors (Lipinski definition) is 11. The Bertz CT molecular complexity index is 571. The normalized spacial score (nSPS) is 42.1. The molecule has 0 spiro atoms. The molecular weight excluding hydrogens is 452 g/mol. The highest BCUT2D eigenvalue weighted by Gasteiger charge is 2.50. The standard InChI is InChI=1S/C23H42O11/c24-11-14-16(26)17(27)19(29)23(32-14)34-21-15(12-25)33-22(20(30)18(21)28)31-10-6-2-5-9-13-7-3-1-4-8-13/h13-30H,1-12H2/t14?,15?,16-,17?,18?,19?,20?,21-,22-,23-/m0/s1. The first-order chi connectivity index (χ1) is 16.4. The summed E-state index contributed by atoms with van der Waals surface area (Å²) in [6.07, 6.45) is -3.49. The van der Waals surface area contributed by atoms with E-state index in [0.29, 0.717) is 6.61 Å². The van der Waals surface area contributed by atoms with Gasteiger partial charge in [0.2, 0.25) is 0 Å². The molecule has 200 valence electrons. The highest BCUT2D eigenvalue weighted by atomic mass is 16.7. The van der Waals surface area contributed by atoms with Gasteiger partial charge in [0.1, 0.15) is 48.8 Å². The van der Waals surface area contributed by atoms with E-state index in [-0.39, 0.29) is 0 Å². The van der Waals surface area contributed by atoms with E-state index in [1.165, 1.54) is 38.5 Å². The van der Waals surface area contributed by atoms with E-state index in [2.05, 4.69) is 0 Å². The predicted molar refractivity (Wildman–Crippen MR) is 117 cm³/mol. The van der Waals surface area contributed by atoms with Gasteiger partial charge in [0.15, 0.2) is 12.6 Å². The Morgan fingerprint density at radius 1 is 0.647 bits per heavy atom. The average molecular weight is 495 g/mol. The van der Waals surface area contributed by atoms with Crippen LogP contribution in [-0.2, 0) is 18.9 Å². The van der Waals surface area contributed by atoms with E-state index in [4.69, 9.17) is 18.9 Å². The van der Waals surface area contributed by atoms with Crippen molar-refractivity contribution in [2.45, 2.75) is 119 Å². The molecule has 2 saturated heterocycles. The van der Waals surface area contributed by atoms with Gasteiger partial charge in [-0.25, -0.2) is 0 Å². The first-order valence-corrected chi connectivity index (χ1v) is 12.6. The molecule has 0 aromatic rings. The lowest BCUT2D eigenvalue weighted by atomic mass is 9.86. The molecule has 1 saturated carbocycles. The largest absolute Gasteiger partial charge is 0.394 e. The molecule has 1 aliphatic carbocycles. The van der Waals surface area contributed by atoms with E-state index in [1.807, 2.05) is 0 Å². The lowest BCUT2D eigenvalue weighted by Crippen LogP contribution is -2.64. The summed E-state index contributed by atoms with van der Waals surface area (Å²) in [7, 11) is 0. The fourth-order valence-electron chi connectivity index (χ4n) is 5.08. The molecule has 2 aliphatic heterocycles. The number of unbranched alkanes of at least 4 members (excludes halogenated alkanes) is 2. The van der Waals surface area contributed by atoms with Crippen molar-refractivity contribution in [2.75, 3.05) is 19.8 Å². The van der Waals surface area contributed by atoms with E-state index in [1.54, 1.807) is 0 Å². The maximum Gasteiger partial charge on any atom is 0.187 e. The van der Waals surface area contributed by atoms with Crippen molar-refractivity contribution in [3.63, 3.8) is 0 Å². The summed E-state index contributed by atoms with van der Waals surface area (Å²) in [5.41, 5.74) is 0. The summed E-state index contributed by atoms with van der Waals surface area (Å²) < 4.78 is 22.1. The molecule has 11 heteroatoms. The van der Waals surface area contributed by atoms with Gasteiger partial charge in [-0.2, -0.15) is 0 Å². The molecule has 0 amide bonds. The van der Waals surface area contributed by atoms with Crippen LogP contribution in [-0.4, -0.2) is 117 Å². The van der Waals surface area contributed by atoms with Gasteiger partial charge in [-0.1, -0.05) is 51.4 Å². The Hall–Kier alpha value is -0.440. The summed E-state index contributed by atoms with van der Waals surface area (Å²) in [5, 5.41) is 70.2. The van der Waals surface area contributed by atoms with E-state index >= 15 is 0 Å². The Balaban J connectivity index is 1.45. The SMILES string of the molecule is OCC1O[C@@H](O[C@H]2C(CO)O[C@H](OCCCCCC3CCCCC3)C(O)C2O)C(O)C(O)[C@H]1O. The Morgan fingerprint density at radius 3 is 1.97 bits per heavy atom. The molecule has 3 rings (SSSR count). The molecule has 3 fully saturated rings. The molecule has 6 unspecified atom stereocenters. The number of aliphatic hydroxyl groups is 7. The molecule has 34 heavy (non-hydrogen) atoms. The van der Waals surface area contributed by atoms with Gasteiger partial charge in [-0.3, -0.25) is 0 Å². The fourth-order valence-corrected chi connectivity index (χ4v) is 5.08. The monoisotopic (exact) mass is 494 g/mol. The highest BCUT2D eigenvalue weighted by molar-refractivity contribution is 4.94. The van der Waals surface area contributed by atoms with Gasteiger partial charge >= 0.3 is 0 Å². The minimum atomic E-state index is -1.69. The third kappa shape index (κ3) is 7.07. The lowest BCUT2D eigenvalue weighted by molar-refractivity contribution is -0.359. The van der Waals surface area contributed by atoms with Gasteiger partial charge < -0.3 is 54.7 Å². The molecule has 0 aromatic carbocycles. The van der Waals surface area contributed by atoms with E-state index in [9.17, 15) is 35.7 Å². The molecule has 0 bridgehead atoms. The van der Waals surface area contributed by atoms with Crippen molar-refractivity contribution < 1.29 is 54.7 Å². The van der Waals surface area contributed by atoms with Crippen LogP contribution in [0.2, 0.25) is 0 Å². The van der Waals surface area contributed by atoms with Crippen LogP contribution >= 0.6 is 0 Å². The summed E-state index contributed by atoms with van der Waals surface area (Å²) in [6.45, 7) is -0.889. The van der Waals surface area contributed by atoms with Gasteiger partial charge in [0.05, 0.1) is 13.2 Å². The van der Waals surface area contributed by atoms with Gasteiger partial charge in [0, 0.05) is 6.61 Å². The molecule has 0 aromatic heterocycles. The molecule has 10 atom stereocenters. The quantitative estimate of drug-likeness (QED) is 0.171. The highest BCUT2D eigenvalue weighted by Crippen LogP contribution is 2.30. The maximum absolute atomic E-state index is 10.6. The van der Waals surface area contributed by atoms with Gasteiger partial charge in [-0.15, -0.1) is 0 Å². The molecule has 2 heterocycles. The molecule has 11 nitrogen and oxygen atoms in total. The number of rotatable bonds is 11. The second-order valence-corrected chi connectivity index (χ2v) is 9.73. The van der Waals surface area contributed by atoms with E-state index < -0.39 is 74.6 Å². The maximum atomic E-state index is 10.6. The van der Waals surface area contributed by atoms with Crippen molar-refractivity contribution >= 4 is 0 Å². The van der Waals surface area contributed by atoms with Crippen molar-refractivity contribution in [2.24, 2.45) is 5.92 Å². The Labute approximate surface area is 200 Å².